The molecule has 1 saturated carbocycles. The van der Waals surface area contributed by atoms with Gasteiger partial charge in [0, 0.05) is 6.54 Å². The maximum Gasteiger partial charge on any atom is 0.157 e. The van der Waals surface area contributed by atoms with Crippen LogP contribution in [-0.4, -0.2) is 16.4 Å². The van der Waals surface area contributed by atoms with Crippen LogP contribution in [0.15, 0.2) is 12.4 Å². The Kier molecular flexibility index (Phi) is 2.02. The molecule has 0 bridgehead atoms. The largest absolute Gasteiger partial charge is 0.491 e. The third-order valence-corrected chi connectivity index (χ3v) is 2.06. The summed E-state index contributed by atoms with van der Waals surface area (Å²) in [4.78, 5) is 0. The summed E-state index contributed by atoms with van der Waals surface area (Å²) in [7, 11) is 0. The second-order valence-corrected chi connectivity index (χ2v) is 3.27. The van der Waals surface area contributed by atoms with Gasteiger partial charge in [-0.1, -0.05) is 0 Å². The van der Waals surface area contributed by atoms with E-state index in [4.69, 9.17) is 4.74 Å². The molecule has 0 unspecified atom stereocenters. The highest BCUT2D eigenvalue weighted by Gasteiger charge is 2.21. The number of aromatic nitrogens is 2. The third kappa shape index (κ3) is 1.78. The van der Waals surface area contributed by atoms with Crippen LogP contribution in [0.3, 0.4) is 0 Å². The van der Waals surface area contributed by atoms with Crippen LogP contribution in [0.4, 0.5) is 0 Å². The van der Waals surface area contributed by atoms with Crippen molar-refractivity contribution in [3.8, 4) is 5.75 Å². The van der Waals surface area contributed by atoms with Crippen molar-refractivity contribution >= 4 is 0 Å². The quantitative estimate of drug-likeness (QED) is 0.680. The highest BCUT2D eigenvalue weighted by Crippen LogP contribution is 2.30. The van der Waals surface area contributed by atoms with Crippen molar-refractivity contribution in [2.45, 2.75) is 26.3 Å². The Bertz CT molecular complexity index is 253. The molecule has 0 spiro atoms. The van der Waals surface area contributed by atoms with E-state index in [0.717, 1.165) is 24.8 Å². The molecule has 0 amide bonds. The van der Waals surface area contributed by atoms with E-state index in [1.54, 1.807) is 6.20 Å². The van der Waals surface area contributed by atoms with E-state index in [1.807, 2.05) is 17.8 Å². The van der Waals surface area contributed by atoms with Crippen molar-refractivity contribution in [2.75, 3.05) is 6.61 Å². The summed E-state index contributed by atoms with van der Waals surface area (Å²) in [5.41, 5.74) is 0. The number of hydrogen-bond acceptors (Lipinski definition) is 2. The third-order valence-electron chi connectivity index (χ3n) is 2.06. The molecule has 1 aromatic heterocycles. The molecule has 1 aromatic rings. The SMILES string of the molecule is CCOc1cnn(CC2CC2)c1. The van der Waals surface area contributed by atoms with Crippen LogP contribution >= 0.6 is 0 Å². The van der Waals surface area contributed by atoms with Gasteiger partial charge in [0.15, 0.2) is 5.75 Å². The van der Waals surface area contributed by atoms with E-state index in [1.165, 1.54) is 12.8 Å². The number of nitrogens with zero attached hydrogens (tertiary/aromatic N) is 2. The van der Waals surface area contributed by atoms with Crippen molar-refractivity contribution < 1.29 is 4.74 Å². The molecule has 66 valence electrons. The average molecular weight is 166 g/mol. The summed E-state index contributed by atoms with van der Waals surface area (Å²) in [5, 5.41) is 4.21. The fraction of sp³-hybridized carbons (Fsp3) is 0.667. The minimum Gasteiger partial charge on any atom is -0.491 e. The predicted octanol–water partition coefficient (Wildman–Crippen LogP) is 1.69. The molecule has 2 rings (SSSR count). The fourth-order valence-electron chi connectivity index (χ4n) is 1.25. The first-order valence-electron chi connectivity index (χ1n) is 4.53. The predicted molar refractivity (Wildman–Crippen MR) is 46.1 cm³/mol. The van der Waals surface area contributed by atoms with Crippen LogP contribution in [0.25, 0.3) is 0 Å². The summed E-state index contributed by atoms with van der Waals surface area (Å²) in [6.07, 6.45) is 6.49. The van der Waals surface area contributed by atoms with Gasteiger partial charge >= 0.3 is 0 Å². The highest BCUT2D eigenvalue weighted by molar-refractivity contribution is 5.11. The molecule has 0 saturated heterocycles. The maximum absolute atomic E-state index is 5.31. The fourth-order valence-corrected chi connectivity index (χ4v) is 1.25. The lowest BCUT2D eigenvalue weighted by molar-refractivity contribution is 0.339. The van der Waals surface area contributed by atoms with E-state index >= 15 is 0 Å². The maximum atomic E-state index is 5.31. The number of hydrogen-bond donors (Lipinski definition) is 0. The van der Waals surface area contributed by atoms with Crippen LogP contribution in [0.2, 0.25) is 0 Å². The zero-order valence-electron chi connectivity index (χ0n) is 7.36. The second-order valence-electron chi connectivity index (χ2n) is 3.27. The van der Waals surface area contributed by atoms with Crippen LogP contribution in [-0.2, 0) is 6.54 Å². The second kappa shape index (κ2) is 3.17. The van der Waals surface area contributed by atoms with Crippen molar-refractivity contribution in [3.63, 3.8) is 0 Å². The van der Waals surface area contributed by atoms with Crippen LogP contribution < -0.4 is 4.74 Å². The molecule has 1 heterocycles. The van der Waals surface area contributed by atoms with Gasteiger partial charge in [0.05, 0.1) is 19.0 Å². The monoisotopic (exact) mass is 166 g/mol. The molecular weight excluding hydrogens is 152 g/mol. The summed E-state index contributed by atoms with van der Waals surface area (Å²) >= 11 is 0. The van der Waals surface area contributed by atoms with Gasteiger partial charge in [0.25, 0.3) is 0 Å². The van der Waals surface area contributed by atoms with Gasteiger partial charge in [-0.3, -0.25) is 4.68 Å². The number of rotatable bonds is 4. The Balaban J connectivity index is 1.92. The lowest BCUT2D eigenvalue weighted by Gasteiger charge is -1.97. The molecule has 0 aliphatic heterocycles. The van der Waals surface area contributed by atoms with E-state index in [9.17, 15) is 0 Å². The van der Waals surface area contributed by atoms with Crippen LogP contribution in [0.1, 0.15) is 19.8 Å². The Labute approximate surface area is 72.3 Å². The molecule has 1 fully saturated rings. The van der Waals surface area contributed by atoms with Gasteiger partial charge in [-0.2, -0.15) is 5.10 Å². The normalized spacial score (nSPS) is 16.4. The molecule has 3 nitrogen and oxygen atoms in total. The van der Waals surface area contributed by atoms with Gasteiger partial charge in [-0.25, -0.2) is 0 Å². The summed E-state index contributed by atoms with van der Waals surface area (Å²) < 4.78 is 7.28. The first kappa shape index (κ1) is 7.65. The lowest BCUT2D eigenvalue weighted by atomic mass is 10.4. The minimum absolute atomic E-state index is 0.717. The van der Waals surface area contributed by atoms with Crippen molar-refractivity contribution in [1.29, 1.82) is 0 Å². The Morgan fingerprint density at radius 3 is 3.17 bits per heavy atom. The molecule has 1 aliphatic rings. The first-order valence-corrected chi connectivity index (χ1v) is 4.53. The van der Waals surface area contributed by atoms with E-state index in [-0.39, 0.29) is 0 Å². The molecule has 12 heavy (non-hydrogen) atoms. The number of ether oxygens (including phenoxy) is 1. The molecule has 0 radical (unpaired) electrons. The van der Waals surface area contributed by atoms with Gasteiger partial charge in [-0.15, -0.1) is 0 Å². The molecule has 0 N–H and O–H groups in total. The van der Waals surface area contributed by atoms with Crippen molar-refractivity contribution in [2.24, 2.45) is 5.92 Å². The minimum atomic E-state index is 0.717. The molecule has 1 aliphatic carbocycles. The Morgan fingerprint density at radius 1 is 1.67 bits per heavy atom. The zero-order chi connectivity index (χ0) is 8.39. The highest BCUT2D eigenvalue weighted by atomic mass is 16.5. The average Bonchev–Trinajstić information content (AvgIpc) is 2.74. The van der Waals surface area contributed by atoms with Crippen molar-refractivity contribution in [3.05, 3.63) is 12.4 Å². The molecule has 3 heteroatoms. The smallest absolute Gasteiger partial charge is 0.157 e. The first-order chi connectivity index (χ1) is 5.88. The van der Waals surface area contributed by atoms with Gasteiger partial charge in [-0.05, 0) is 25.7 Å². The molecule has 0 atom stereocenters. The zero-order valence-corrected chi connectivity index (χ0v) is 7.36. The van der Waals surface area contributed by atoms with Crippen molar-refractivity contribution in [1.82, 2.24) is 9.78 Å². The van der Waals surface area contributed by atoms with Crippen LogP contribution in [0.5, 0.6) is 5.75 Å². The van der Waals surface area contributed by atoms with Gasteiger partial charge in [0.2, 0.25) is 0 Å². The lowest BCUT2D eigenvalue weighted by Crippen LogP contribution is -1.99. The summed E-state index contributed by atoms with van der Waals surface area (Å²) in [6.45, 7) is 3.76. The molecular formula is C9H14N2O. The topological polar surface area (TPSA) is 27.1 Å². The van der Waals surface area contributed by atoms with Crippen LogP contribution in [0, 0.1) is 5.92 Å². The van der Waals surface area contributed by atoms with E-state index < -0.39 is 0 Å². The standard InChI is InChI=1S/C9H14N2O/c1-2-12-9-5-10-11(7-9)6-8-3-4-8/h5,7-8H,2-4,6H2,1H3. The Hall–Kier alpha value is -0.990. The van der Waals surface area contributed by atoms with E-state index in [2.05, 4.69) is 5.10 Å². The van der Waals surface area contributed by atoms with E-state index in [0.29, 0.717) is 0 Å². The molecule has 0 aromatic carbocycles. The van der Waals surface area contributed by atoms with Gasteiger partial charge < -0.3 is 4.74 Å². The summed E-state index contributed by atoms with van der Waals surface area (Å²) in [5.74, 6) is 1.76. The van der Waals surface area contributed by atoms with Gasteiger partial charge in [0.1, 0.15) is 0 Å². The Morgan fingerprint density at radius 2 is 2.50 bits per heavy atom. The summed E-state index contributed by atoms with van der Waals surface area (Å²) in [6, 6.07) is 0.